The summed E-state index contributed by atoms with van der Waals surface area (Å²) in [7, 11) is 0. The van der Waals surface area contributed by atoms with E-state index in [4.69, 9.17) is 3.08 Å². The minimum absolute atomic E-state index is 0. The predicted octanol–water partition coefficient (Wildman–Crippen LogP) is -0.883. The van der Waals surface area contributed by atoms with Gasteiger partial charge in [0.05, 0.1) is 0 Å². The molecule has 4 heteroatoms. The zero-order valence-corrected chi connectivity index (χ0v) is 9.09. The molecule has 0 aromatic carbocycles. The number of hydrogen-bond donors (Lipinski definition) is 0. The Bertz CT molecular complexity index is 8.00. The third kappa shape index (κ3) is 9.01. The first-order chi connectivity index (χ1) is 1.00. The second kappa shape index (κ2) is 20.1. The van der Waals surface area contributed by atoms with Gasteiger partial charge in [-0.05, 0) is 0 Å². The molecule has 0 aliphatic carbocycles. The third-order valence-corrected chi connectivity index (χ3v) is 0. The average Bonchev–Trinajstić information content (AvgIpc) is 1.00. The van der Waals surface area contributed by atoms with Gasteiger partial charge < -0.3 is 0 Å². The van der Waals surface area contributed by atoms with E-state index in [2.05, 4.69) is 0 Å². The fourth-order valence-corrected chi connectivity index (χ4v) is 0. The number of rotatable bonds is 0. The molecular formula is FeInOSn. The molecule has 1 nitrogen and oxygen atoms in total. The SMILES string of the molecule is [Fe].[In].[O]=[Sn]. The Balaban J connectivity index is -0.00000000500. The van der Waals surface area contributed by atoms with Gasteiger partial charge in [0.15, 0.2) is 0 Å². The van der Waals surface area contributed by atoms with Gasteiger partial charge in [-0.2, -0.15) is 0 Å². The Labute approximate surface area is 67.6 Å². The van der Waals surface area contributed by atoms with E-state index in [0.29, 0.717) is 22.5 Å². The molecule has 0 atom stereocenters. The maximum atomic E-state index is 8.34. The minimum atomic E-state index is 0. The van der Waals surface area contributed by atoms with E-state index in [0.717, 1.165) is 0 Å². The van der Waals surface area contributed by atoms with Gasteiger partial charge in [0.2, 0.25) is 0 Å². The van der Waals surface area contributed by atoms with Crippen LogP contribution in [0.1, 0.15) is 0 Å². The summed E-state index contributed by atoms with van der Waals surface area (Å²) in [5, 5.41) is 0. The Morgan fingerprint density at radius 3 is 1.25 bits per heavy atom. The molecule has 0 aliphatic heterocycles. The van der Waals surface area contributed by atoms with Crippen LogP contribution in [-0.4, -0.2) is 48.4 Å². The Hall–Kier alpha value is 1.99. The monoisotopic (exact) mass is 307 g/mol. The molecule has 0 aliphatic rings. The molecule has 0 rings (SSSR count). The van der Waals surface area contributed by atoms with Gasteiger partial charge in [0.1, 0.15) is 0 Å². The molecule has 0 amide bonds. The summed E-state index contributed by atoms with van der Waals surface area (Å²) in [6, 6.07) is 0. The van der Waals surface area contributed by atoms with E-state index in [9.17, 15) is 0 Å². The van der Waals surface area contributed by atoms with Gasteiger partial charge in [-0.15, -0.1) is 0 Å². The fraction of sp³-hybridized carbons (Fsp3) is 0. The predicted molar refractivity (Wildman–Crippen MR) is 12.2 cm³/mol. The summed E-state index contributed by atoms with van der Waals surface area (Å²) in [4.78, 5) is 0. The van der Waals surface area contributed by atoms with E-state index in [1.54, 1.807) is 0 Å². The van der Waals surface area contributed by atoms with E-state index >= 15 is 0 Å². The van der Waals surface area contributed by atoms with E-state index in [1.165, 1.54) is 0 Å². The van der Waals surface area contributed by atoms with Crippen molar-refractivity contribution in [3.05, 3.63) is 0 Å². The molecule has 0 unspecified atom stereocenters. The molecule has 0 aromatic rings. The van der Waals surface area contributed by atoms with Crippen LogP contribution in [0, 0.1) is 0 Å². The van der Waals surface area contributed by atoms with E-state index < -0.39 is 0 Å². The Morgan fingerprint density at radius 1 is 1.25 bits per heavy atom. The van der Waals surface area contributed by atoms with E-state index in [1.807, 2.05) is 0 Å². The molecule has 21 valence electrons. The zero-order chi connectivity index (χ0) is 2.00. The molecule has 0 fully saturated rings. The Morgan fingerprint density at radius 2 is 1.25 bits per heavy atom. The van der Waals surface area contributed by atoms with Crippen molar-refractivity contribution in [1.29, 1.82) is 0 Å². The van der Waals surface area contributed by atoms with Crippen LogP contribution in [0.15, 0.2) is 0 Å². The summed E-state index contributed by atoms with van der Waals surface area (Å²) < 4.78 is 8.34. The van der Waals surface area contributed by atoms with Crippen LogP contribution in [-0.2, 0) is 20.1 Å². The van der Waals surface area contributed by atoms with Crippen LogP contribution in [0.3, 0.4) is 0 Å². The summed E-state index contributed by atoms with van der Waals surface area (Å²) >= 11 is 0.300. The second-order valence-corrected chi connectivity index (χ2v) is 0. The molecule has 0 aromatic heterocycles. The molecule has 0 heterocycles. The fourth-order valence-electron chi connectivity index (χ4n) is 0. The molecule has 4 heavy (non-hydrogen) atoms. The van der Waals surface area contributed by atoms with Gasteiger partial charge in [-0.1, -0.05) is 0 Å². The van der Waals surface area contributed by atoms with Crippen molar-refractivity contribution in [1.82, 2.24) is 0 Å². The second-order valence-electron chi connectivity index (χ2n) is 0. The van der Waals surface area contributed by atoms with Gasteiger partial charge >= 0.3 is 25.6 Å². The zero-order valence-electron chi connectivity index (χ0n) is 1.84. The van der Waals surface area contributed by atoms with Gasteiger partial charge in [-0.3, -0.25) is 0 Å². The quantitative estimate of drug-likeness (QED) is 0.531. The van der Waals surface area contributed by atoms with Gasteiger partial charge in [0, 0.05) is 42.9 Å². The van der Waals surface area contributed by atoms with Crippen LogP contribution in [0.25, 0.3) is 0 Å². The van der Waals surface area contributed by atoms with Crippen molar-refractivity contribution in [2.45, 2.75) is 0 Å². The molecule has 0 bridgehead atoms. The maximum absolute atomic E-state index is 8.34. The molecule has 0 N–H and O–H groups in total. The molecular weight excluding hydrogens is 305 g/mol. The van der Waals surface area contributed by atoms with Gasteiger partial charge in [-0.25, -0.2) is 0 Å². The summed E-state index contributed by atoms with van der Waals surface area (Å²) in [5.74, 6) is 0. The van der Waals surface area contributed by atoms with Crippen molar-refractivity contribution in [3.63, 3.8) is 0 Å². The molecule has 0 spiro atoms. The van der Waals surface area contributed by atoms with Crippen molar-refractivity contribution in [2.75, 3.05) is 0 Å². The standard InChI is InChI=1S/Fe.In.O.Sn. The molecule has 0 saturated heterocycles. The van der Waals surface area contributed by atoms with Gasteiger partial charge in [0.25, 0.3) is 0 Å². The van der Waals surface area contributed by atoms with Crippen LogP contribution < -0.4 is 0 Å². The topological polar surface area (TPSA) is 17.1 Å². The Kier molecular flexibility index (Phi) is 83.7. The van der Waals surface area contributed by atoms with Crippen LogP contribution in [0.5, 0.6) is 0 Å². The summed E-state index contributed by atoms with van der Waals surface area (Å²) in [5.41, 5.74) is 0. The van der Waals surface area contributed by atoms with Crippen LogP contribution in [0.2, 0.25) is 0 Å². The van der Waals surface area contributed by atoms with Crippen LogP contribution >= 0.6 is 0 Å². The summed E-state index contributed by atoms with van der Waals surface area (Å²) in [6.45, 7) is 0. The normalized spacial score (nSPS) is 1.00. The van der Waals surface area contributed by atoms with Crippen molar-refractivity contribution >= 4 is 48.4 Å². The van der Waals surface area contributed by atoms with Crippen molar-refractivity contribution in [3.8, 4) is 0 Å². The molecule has 0 saturated carbocycles. The van der Waals surface area contributed by atoms with Crippen LogP contribution in [0.4, 0.5) is 0 Å². The van der Waals surface area contributed by atoms with E-state index in [-0.39, 0.29) is 42.9 Å². The first-order valence-electron chi connectivity index (χ1n) is 0.204. The summed E-state index contributed by atoms with van der Waals surface area (Å²) in [6.07, 6.45) is 0. The average molecular weight is 305 g/mol. The first kappa shape index (κ1) is 16.7. The molecule has 5 radical (unpaired) electrons. The number of hydrogen-bond acceptors (Lipinski definition) is 1. The van der Waals surface area contributed by atoms with Crippen molar-refractivity contribution in [2.24, 2.45) is 0 Å². The third-order valence-electron chi connectivity index (χ3n) is 0. The first-order valence-corrected chi connectivity index (χ1v) is 1.37. The van der Waals surface area contributed by atoms with Crippen molar-refractivity contribution < 1.29 is 20.1 Å².